The molecule has 2 N–H and O–H groups in total. The molecule has 116 valence electrons. The van der Waals surface area contributed by atoms with Crippen LogP contribution in [0.4, 0.5) is 4.79 Å². The normalized spacial score (nSPS) is 19.6. The molecule has 0 aromatic heterocycles. The van der Waals surface area contributed by atoms with E-state index in [9.17, 15) is 13.2 Å². The van der Waals surface area contributed by atoms with Gasteiger partial charge in [0.15, 0.2) is 11.6 Å². The van der Waals surface area contributed by atoms with Crippen molar-refractivity contribution in [1.29, 1.82) is 0 Å². The van der Waals surface area contributed by atoms with Gasteiger partial charge in [0.25, 0.3) is 10.1 Å². The molecule has 0 radical (unpaired) electrons. The summed E-state index contributed by atoms with van der Waals surface area (Å²) in [5, 5.41) is 0.196. The van der Waals surface area contributed by atoms with Crippen molar-refractivity contribution in [3.63, 3.8) is 0 Å². The van der Waals surface area contributed by atoms with Gasteiger partial charge in [0, 0.05) is 6.20 Å². The van der Waals surface area contributed by atoms with E-state index in [0.29, 0.717) is 5.75 Å². The number of halogens is 1. The molecule has 0 saturated carbocycles. The van der Waals surface area contributed by atoms with Gasteiger partial charge in [-0.05, 0) is 19.1 Å². The zero-order valence-electron chi connectivity index (χ0n) is 10.9. The van der Waals surface area contributed by atoms with Crippen LogP contribution in [0.15, 0.2) is 41.6 Å². The third kappa shape index (κ3) is 4.61. The fraction of sp³-hybridized carbons (Fsp3) is 0.250. The molecule has 0 fully saturated rings. The molecule has 10 heteroatoms. The second kappa shape index (κ2) is 7.67. The molecule has 0 aliphatic carbocycles. The van der Waals surface area contributed by atoms with Crippen molar-refractivity contribution < 1.29 is 22.5 Å². The molecule has 0 bridgehead atoms. The number of hydrogen-bond acceptors (Lipinski definition) is 4. The Bertz CT molecular complexity index is 667. The van der Waals surface area contributed by atoms with Gasteiger partial charge in [0.05, 0.1) is 5.03 Å². The quantitative estimate of drug-likeness (QED) is 0.621. The topological polar surface area (TPSA) is 95.9 Å². The first kappa shape index (κ1) is 19.3. The maximum atomic E-state index is 11.9. The van der Waals surface area contributed by atoms with E-state index in [1.807, 2.05) is 6.07 Å². The van der Waals surface area contributed by atoms with Gasteiger partial charge in [-0.1, -0.05) is 29.8 Å². The van der Waals surface area contributed by atoms with E-state index in [1.165, 1.54) is 0 Å². The number of nitrogens with zero attached hydrogens (tertiary/aromatic N) is 1. The Morgan fingerprint density at radius 1 is 1.36 bits per heavy atom. The molecular weight excluding hydrogens is 343 g/mol. The predicted molar refractivity (Wildman–Crippen MR) is 83.3 cm³/mol. The van der Waals surface area contributed by atoms with Crippen LogP contribution in [0.1, 0.15) is 6.92 Å². The van der Waals surface area contributed by atoms with Crippen LogP contribution in [0.25, 0.3) is 0 Å². The number of urea groups is 1. The molecule has 1 aliphatic heterocycles. The Morgan fingerprint density at radius 2 is 1.95 bits per heavy atom. The molecule has 1 heterocycles. The van der Waals surface area contributed by atoms with E-state index in [4.69, 9.17) is 20.9 Å². The van der Waals surface area contributed by atoms with Crippen molar-refractivity contribution in [2.75, 3.05) is 0 Å². The fourth-order valence-corrected chi connectivity index (χ4v) is 2.85. The Hall–Kier alpha value is -0.770. The van der Waals surface area contributed by atoms with Gasteiger partial charge in [-0.25, -0.2) is 4.79 Å². The van der Waals surface area contributed by atoms with Gasteiger partial charge >= 0.3 is 35.6 Å². The summed E-state index contributed by atoms with van der Waals surface area (Å²) < 4.78 is 36.7. The van der Waals surface area contributed by atoms with Crippen molar-refractivity contribution in [2.45, 2.75) is 18.5 Å². The zero-order valence-corrected chi connectivity index (χ0v) is 12.5. The molecule has 1 aliphatic rings. The minimum atomic E-state index is -4.52. The van der Waals surface area contributed by atoms with Gasteiger partial charge in [-0.2, -0.15) is 8.42 Å². The van der Waals surface area contributed by atoms with E-state index in [1.54, 1.807) is 31.2 Å². The van der Waals surface area contributed by atoms with E-state index in [2.05, 4.69) is 5.32 Å². The molecule has 2 amide bonds. The molecule has 0 spiro atoms. The number of para-hydroxylation sites is 1. The monoisotopic (exact) mass is 356 g/mol. The second-order valence-electron chi connectivity index (χ2n) is 4.30. The Morgan fingerprint density at radius 3 is 2.50 bits per heavy atom. The Labute approximate surface area is 155 Å². The van der Waals surface area contributed by atoms with Crippen LogP contribution in [0, 0.1) is 0 Å². The van der Waals surface area contributed by atoms with Crippen LogP contribution in [0.5, 0.6) is 5.75 Å². The number of carbonyl (C=O) groups excluding carboxylic acids is 1. The standard InChI is InChI=1S/C12H13ClN2O5S.Na.H/c1-8(20-9-5-3-2-4-6-9)15-7-10(13)11(14-12(15)16)21(17,18)19;;/h2-8,11H,1H3,(H,14,16)(H,17,18,19);;. The summed E-state index contributed by atoms with van der Waals surface area (Å²) in [6, 6.07) is 8.05. The molecule has 0 saturated heterocycles. The van der Waals surface area contributed by atoms with E-state index >= 15 is 0 Å². The molecular formula is C12H14ClN2NaO5S. The van der Waals surface area contributed by atoms with Crippen LogP contribution in [0.3, 0.4) is 0 Å². The summed E-state index contributed by atoms with van der Waals surface area (Å²) in [4.78, 5) is 13.0. The van der Waals surface area contributed by atoms with Crippen molar-refractivity contribution in [2.24, 2.45) is 0 Å². The number of amides is 2. The first-order chi connectivity index (χ1) is 9.79. The molecule has 1 aromatic carbocycles. The molecule has 2 atom stereocenters. The molecule has 7 nitrogen and oxygen atoms in total. The van der Waals surface area contributed by atoms with Crippen LogP contribution in [-0.4, -0.2) is 65.1 Å². The van der Waals surface area contributed by atoms with Crippen molar-refractivity contribution in [3.05, 3.63) is 41.6 Å². The van der Waals surface area contributed by atoms with Gasteiger partial charge in [-0.15, -0.1) is 0 Å². The summed E-state index contributed by atoms with van der Waals surface area (Å²) in [5.41, 5.74) is 0. The van der Waals surface area contributed by atoms with Gasteiger partial charge in [0.2, 0.25) is 0 Å². The Kier molecular flexibility index (Phi) is 6.72. The van der Waals surface area contributed by atoms with Crippen molar-refractivity contribution in [1.82, 2.24) is 10.2 Å². The van der Waals surface area contributed by atoms with Crippen LogP contribution in [0.2, 0.25) is 0 Å². The third-order valence-corrected chi connectivity index (χ3v) is 4.15. The minimum absolute atomic E-state index is 0. The van der Waals surface area contributed by atoms with E-state index in [-0.39, 0.29) is 34.6 Å². The number of carbonyl (C=O) groups is 1. The van der Waals surface area contributed by atoms with Crippen LogP contribution < -0.4 is 10.1 Å². The summed E-state index contributed by atoms with van der Waals surface area (Å²) in [6.45, 7) is 1.60. The summed E-state index contributed by atoms with van der Waals surface area (Å²) >= 11 is 5.78. The van der Waals surface area contributed by atoms with E-state index < -0.39 is 27.8 Å². The van der Waals surface area contributed by atoms with Gasteiger partial charge in [0.1, 0.15) is 5.75 Å². The number of rotatable bonds is 4. The summed E-state index contributed by atoms with van der Waals surface area (Å²) in [7, 11) is -4.52. The predicted octanol–water partition coefficient (Wildman–Crippen LogP) is 1.08. The number of hydrogen-bond donors (Lipinski definition) is 2. The molecule has 2 rings (SSSR count). The van der Waals surface area contributed by atoms with Crippen molar-refractivity contribution >= 4 is 57.3 Å². The fourth-order valence-electron chi connectivity index (χ4n) is 1.75. The first-order valence-electron chi connectivity index (χ1n) is 5.93. The molecule has 22 heavy (non-hydrogen) atoms. The average Bonchev–Trinajstić information content (AvgIpc) is 2.40. The second-order valence-corrected chi connectivity index (χ2v) is 6.23. The van der Waals surface area contributed by atoms with E-state index in [0.717, 1.165) is 11.1 Å². The summed E-state index contributed by atoms with van der Waals surface area (Å²) in [6.07, 6.45) is 0.399. The van der Waals surface area contributed by atoms with Gasteiger partial charge in [-0.3, -0.25) is 9.45 Å². The molecule has 1 aromatic rings. The SMILES string of the molecule is CC(Oc1ccccc1)N1C=C(Cl)C(S(=O)(=O)O)NC1=O.[NaH]. The van der Waals surface area contributed by atoms with Crippen molar-refractivity contribution in [3.8, 4) is 5.75 Å². The number of nitrogens with one attached hydrogen (secondary N) is 1. The first-order valence-corrected chi connectivity index (χ1v) is 7.81. The maximum absolute atomic E-state index is 11.9. The van der Waals surface area contributed by atoms with Crippen LogP contribution >= 0.6 is 11.6 Å². The molecule has 2 unspecified atom stereocenters. The third-order valence-electron chi connectivity index (χ3n) is 2.74. The average molecular weight is 357 g/mol. The number of ether oxygens (including phenoxy) is 1. The summed E-state index contributed by atoms with van der Waals surface area (Å²) in [5.74, 6) is 0.541. The van der Waals surface area contributed by atoms with Crippen LogP contribution in [-0.2, 0) is 10.1 Å². The number of benzene rings is 1. The Balaban J connectivity index is 0.00000242. The zero-order chi connectivity index (χ0) is 15.6. The van der Waals surface area contributed by atoms with Gasteiger partial charge < -0.3 is 10.1 Å².